The van der Waals surface area contributed by atoms with E-state index >= 15 is 0 Å². The predicted octanol–water partition coefficient (Wildman–Crippen LogP) is 3.90. The van der Waals surface area contributed by atoms with E-state index in [1.165, 1.54) is 6.07 Å². The normalized spacial score (nSPS) is 10.9. The number of halogens is 3. The van der Waals surface area contributed by atoms with Gasteiger partial charge in [0, 0.05) is 35.5 Å². The van der Waals surface area contributed by atoms with Gasteiger partial charge < -0.3 is 0 Å². The number of H-pyrrole nitrogens is 1. The average Bonchev–Trinajstić information content (AvgIpc) is 2.74. The van der Waals surface area contributed by atoms with Gasteiger partial charge in [-0.05, 0) is 35.9 Å². The first-order valence-electron chi connectivity index (χ1n) is 8.61. The molecule has 2 aromatic heterocycles. The Morgan fingerprint density at radius 2 is 1.59 bits per heavy atom. The molecule has 2 heterocycles. The van der Waals surface area contributed by atoms with Gasteiger partial charge in [0.1, 0.15) is 0 Å². The van der Waals surface area contributed by atoms with E-state index in [9.17, 15) is 18.0 Å². The fourth-order valence-corrected chi connectivity index (χ4v) is 2.92. The molecule has 0 saturated carbocycles. The molecule has 8 heteroatoms. The first-order valence-corrected chi connectivity index (χ1v) is 8.61. The quantitative estimate of drug-likeness (QED) is 0.533. The Morgan fingerprint density at radius 3 is 2.31 bits per heavy atom. The first-order chi connectivity index (χ1) is 14.0. The molecule has 0 aliphatic carbocycles. The fraction of sp³-hybridized carbons (Fsp3) is 0.0476. The summed E-state index contributed by atoms with van der Waals surface area (Å²) in [7, 11) is 0. The van der Waals surface area contributed by atoms with Crippen molar-refractivity contribution in [2.45, 2.75) is 6.42 Å². The topological polar surface area (TPSA) is 71.5 Å². The monoisotopic (exact) mass is 394 g/mol. The van der Waals surface area contributed by atoms with Gasteiger partial charge in [0.25, 0.3) is 5.56 Å². The maximum atomic E-state index is 13.5. The third kappa shape index (κ3) is 3.91. The summed E-state index contributed by atoms with van der Waals surface area (Å²) in [6.45, 7) is 0. The van der Waals surface area contributed by atoms with Crippen LogP contribution in [0.5, 0.6) is 0 Å². The highest BCUT2D eigenvalue weighted by Gasteiger charge is 2.14. The third-order valence-electron chi connectivity index (χ3n) is 4.31. The van der Waals surface area contributed by atoms with Crippen LogP contribution >= 0.6 is 0 Å². The van der Waals surface area contributed by atoms with Gasteiger partial charge in [0.2, 0.25) is 0 Å². The van der Waals surface area contributed by atoms with Crippen LogP contribution in [0.15, 0.2) is 65.7 Å². The van der Waals surface area contributed by atoms with Crippen molar-refractivity contribution in [1.82, 2.24) is 20.2 Å². The highest BCUT2D eigenvalue weighted by Crippen LogP contribution is 2.23. The zero-order valence-electron chi connectivity index (χ0n) is 14.9. The Kier molecular flexibility index (Phi) is 4.90. The summed E-state index contributed by atoms with van der Waals surface area (Å²) < 4.78 is 40.3. The lowest BCUT2D eigenvalue weighted by molar-refractivity contribution is 0.447. The molecule has 29 heavy (non-hydrogen) atoms. The Hall–Kier alpha value is -3.81. The minimum atomic E-state index is -1.56. The first kappa shape index (κ1) is 18.5. The molecule has 144 valence electrons. The van der Waals surface area contributed by atoms with Crippen LogP contribution in [0.2, 0.25) is 0 Å². The zero-order valence-corrected chi connectivity index (χ0v) is 14.9. The second-order valence-electron chi connectivity index (χ2n) is 6.31. The lowest BCUT2D eigenvalue weighted by Crippen LogP contribution is -2.15. The Labute approximate surface area is 162 Å². The predicted molar refractivity (Wildman–Crippen MR) is 100 cm³/mol. The molecule has 5 nitrogen and oxygen atoms in total. The molecule has 1 N–H and O–H groups in total. The maximum Gasteiger partial charge on any atom is 0.267 e. The number of hydrogen-bond acceptors (Lipinski definition) is 4. The van der Waals surface area contributed by atoms with E-state index in [0.29, 0.717) is 11.4 Å². The third-order valence-corrected chi connectivity index (χ3v) is 4.31. The Morgan fingerprint density at radius 1 is 0.862 bits per heavy atom. The van der Waals surface area contributed by atoms with Gasteiger partial charge in [0.05, 0.1) is 5.69 Å². The van der Waals surface area contributed by atoms with Crippen molar-refractivity contribution in [1.29, 1.82) is 0 Å². The fourth-order valence-electron chi connectivity index (χ4n) is 2.92. The van der Waals surface area contributed by atoms with E-state index in [0.717, 1.165) is 23.3 Å². The van der Waals surface area contributed by atoms with Crippen molar-refractivity contribution in [2.24, 2.45) is 0 Å². The van der Waals surface area contributed by atoms with Crippen LogP contribution in [-0.4, -0.2) is 20.2 Å². The summed E-state index contributed by atoms with van der Waals surface area (Å²) in [6, 6.07) is 12.2. The van der Waals surface area contributed by atoms with Crippen molar-refractivity contribution < 1.29 is 13.2 Å². The molecule has 0 spiro atoms. The van der Waals surface area contributed by atoms with Gasteiger partial charge in [0.15, 0.2) is 23.3 Å². The number of nitrogens with one attached hydrogen (secondary N) is 1. The summed E-state index contributed by atoms with van der Waals surface area (Å²) >= 11 is 0. The van der Waals surface area contributed by atoms with Crippen molar-refractivity contribution in [3.63, 3.8) is 0 Å². The standard InChI is InChI=1S/C21H13F3N4O/c22-16-9-14(10-17(23)19(16)24)18-11-15(21(29)28-27-18)8-12-3-1-4-13(7-12)20-25-5-2-6-26-20/h1-7,9-11H,8H2,(H,28,29). The zero-order chi connectivity index (χ0) is 20.4. The molecule has 4 rings (SSSR count). The maximum absolute atomic E-state index is 13.5. The van der Waals surface area contributed by atoms with Crippen LogP contribution < -0.4 is 5.56 Å². The van der Waals surface area contributed by atoms with E-state index in [4.69, 9.17) is 0 Å². The van der Waals surface area contributed by atoms with Crippen molar-refractivity contribution in [3.8, 4) is 22.6 Å². The molecule has 0 radical (unpaired) electrons. The Bertz CT molecular complexity index is 1220. The van der Waals surface area contributed by atoms with Gasteiger partial charge in [-0.25, -0.2) is 28.2 Å². The summed E-state index contributed by atoms with van der Waals surface area (Å²) in [5.74, 6) is -3.66. The van der Waals surface area contributed by atoms with Crippen LogP contribution in [0.1, 0.15) is 11.1 Å². The van der Waals surface area contributed by atoms with Gasteiger partial charge in [-0.15, -0.1) is 0 Å². The second-order valence-corrected chi connectivity index (χ2v) is 6.31. The lowest BCUT2D eigenvalue weighted by Gasteiger charge is -2.07. The Balaban J connectivity index is 1.69. The number of hydrogen-bond donors (Lipinski definition) is 1. The summed E-state index contributed by atoms with van der Waals surface area (Å²) in [4.78, 5) is 20.6. The highest BCUT2D eigenvalue weighted by molar-refractivity contribution is 5.60. The number of aromatic amines is 1. The minimum Gasteiger partial charge on any atom is -0.268 e. The van der Waals surface area contributed by atoms with Gasteiger partial charge in [-0.2, -0.15) is 5.10 Å². The van der Waals surface area contributed by atoms with Crippen molar-refractivity contribution >= 4 is 0 Å². The summed E-state index contributed by atoms with van der Waals surface area (Å²) in [5, 5.41) is 6.13. The molecule has 0 atom stereocenters. The molecule has 4 aromatic rings. The molecule has 0 amide bonds. The molecular weight excluding hydrogens is 381 g/mol. The number of nitrogens with zero attached hydrogens (tertiary/aromatic N) is 3. The van der Waals surface area contributed by atoms with E-state index < -0.39 is 23.0 Å². The molecule has 0 bridgehead atoms. The van der Waals surface area contributed by atoms with Crippen LogP contribution in [0.25, 0.3) is 22.6 Å². The molecule has 0 fully saturated rings. The van der Waals surface area contributed by atoms with Crippen LogP contribution in [-0.2, 0) is 6.42 Å². The minimum absolute atomic E-state index is 0.0188. The smallest absolute Gasteiger partial charge is 0.267 e. The van der Waals surface area contributed by atoms with E-state index in [1.54, 1.807) is 18.5 Å². The van der Waals surface area contributed by atoms with Gasteiger partial charge in [-0.1, -0.05) is 18.2 Å². The van der Waals surface area contributed by atoms with E-state index in [1.807, 2.05) is 24.3 Å². The molecular formula is C21H13F3N4O. The van der Waals surface area contributed by atoms with Crippen molar-refractivity contribution in [3.05, 3.63) is 99.9 Å². The van der Waals surface area contributed by atoms with Crippen molar-refractivity contribution in [2.75, 3.05) is 0 Å². The number of aromatic nitrogens is 4. The molecule has 0 aliphatic rings. The highest BCUT2D eigenvalue weighted by atomic mass is 19.2. The molecule has 0 aliphatic heterocycles. The van der Waals surface area contributed by atoms with Crippen LogP contribution in [0, 0.1) is 17.5 Å². The summed E-state index contributed by atoms with van der Waals surface area (Å²) in [5.41, 5.74) is 1.65. The number of rotatable bonds is 4. The van der Waals surface area contributed by atoms with E-state index in [2.05, 4.69) is 20.2 Å². The number of benzene rings is 2. The van der Waals surface area contributed by atoms with Gasteiger partial charge in [-0.3, -0.25) is 4.79 Å². The molecule has 0 saturated heterocycles. The SMILES string of the molecule is O=c1[nH]nc(-c2cc(F)c(F)c(F)c2)cc1Cc1cccc(-c2ncccn2)c1. The average molecular weight is 394 g/mol. The second kappa shape index (κ2) is 7.67. The lowest BCUT2D eigenvalue weighted by atomic mass is 10.0. The van der Waals surface area contributed by atoms with E-state index in [-0.39, 0.29) is 17.7 Å². The van der Waals surface area contributed by atoms with Crippen LogP contribution in [0.3, 0.4) is 0 Å². The van der Waals surface area contributed by atoms with Crippen LogP contribution in [0.4, 0.5) is 13.2 Å². The van der Waals surface area contributed by atoms with Gasteiger partial charge >= 0.3 is 0 Å². The summed E-state index contributed by atoms with van der Waals surface area (Å²) in [6.07, 6.45) is 3.52. The molecule has 2 aromatic carbocycles. The largest absolute Gasteiger partial charge is 0.268 e. The molecule has 0 unspecified atom stereocenters.